The van der Waals surface area contributed by atoms with Crippen LogP contribution in [0.1, 0.15) is 70.8 Å². The fourth-order valence-electron chi connectivity index (χ4n) is 9.36. The standard InChI is InChI=1S/C27H41N3O3/c1-17(14-30-15-18(12-28)13-29-30)22-6-7-23-21-5-4-19-10-27(32,16-33-3)9-8-20(19)25(21)24(31)11-26(22,23)2/h13,15,17,19-25,31-32H,4-11,14,16H2,1-3H3/t17-,19+,20-,21-,22+,23-,24+,25+,26+,27+/m0/s1. The van der Waals surface area contributed by atoms with Crippen LogP contribution in [0.15, 0.2) is 12.4 Å². The topological polar surface area (TPSA) is 91.3 Å². The van der Waals surface area contributed by atoms with Gasteiger partial charge >= 0.3 is 0 Å². The Hall–Kier alpha value is -1.42. The smallest absolute Gasteiger partial charge is 0.102 e. The Bertz CT molecular complexity index is 895. The van der Waals surface area contributed by atoms with E-state index in [9.17, 15) is 10.2 Å². The van der Waals surface area contributed by atoms with Crippen LogP contribution in [0.2, 0.25) is 0 Å². The Morgan fingerprint density at radius 3 is 2.79 bits per heavy atom. The van der Waals surface area contributed by atoms with Crippen molar-refractivity contribution in [2.75, 3.05) is 13.7 Å². The second-order valence-electron chi connectivity index (χ2n) is 12.3. The summed E-state index contributed by atoms with van der Waals surface area (Å²) < 4.78 is 7.25. The van der Waals surface area contributed by atoms with Crippen molar-refractivity contribution in [3.8, 4) is 6.07 Å². The molecule has 4 aliphatic rings. The van der Waals surface area contributed by atoms with Gasteiger partial charge in [-0.05, 0) is 98.2 Å². The lowest BCUT2D eigenvalue weighted by Crippen LogP contribution is -2.56. The van der Waals surface area contributed by atoms with Gasteiger partial charge in [0.1, 0.15) is 6.07 Å². The number of hydrogen-bond donors (Lipinski definition) is 2. The Morgan fingerprint density at radius 1 is 1.24 bits per heavy atom. The first-order valence-corrected chi connectivity index (χ1v) is 13.1. The van der Waals surface area contributed by atoms with Crippen LogP contribution in [0.4, 0.5) is 0 Å². The molecule has 4 saturated carbocycles. The highest BCUT2D eigenvalue weighted by Crippen LogP contribution is 2.65. The maximum absolute atomic E-state index is 11.6. The molecule has 6 heteroatoms. The molecule has 0 saturated heterocycles. The van der Waals surface area contributed by atoms with Gasteiger partial charge in [-0.2, -0.15) is 10.4 Å². The van der Waals surface area contributed by atoms with E-state index in [4.69, 9.17) is 10.00 Å². The summed E-state index contributed by atoms with van der Waals surface area (Å²) in [5, 5.41) is 36.1. The summed E-state index contributed by atoms with van der Waals surface area (Å²) in [6.45, 7) is 6.05. The number of aromatic nitrogens is 2. The zero-order valence-corrected chi connectivity index (χ0v) is 20.5. The van der Waals surface area contributed by atoms with Gasteiger partial charge in [0.2, 0.25) is 0 Å². The molecule has 0 radical (unpaired) electrons. The van der Waals surface area contributed by atoms with Crippen LogP contribution in [-0.2, 0) is 11.3 Å². The molecule has 1 heterocycles. The lowest BCUT2D eigenvalue weighted by Gasteiger charge is -2.59. The molecular formula is C27H41N3O3. The van der Waals surface area contributed by atoms with E-state index < -0.39 is 5.60 Å². The highest BCUT2D eigenvalue weighted by atomic mass is 16.5. The molecule has 0 spiro atoms. The van der Waals surface area contributed by atoms with Crippen molar-refractivity contribution < 1.29 is 14.9 Å². The van der Waals surface area contributed by atoms with Crippen LogP contribution in [0.3, 0.4) is 0 Å². The van der Waals surface area contributed by atoms with E-state index in [1.54, 1.807) is 13.3 Å². The minimum atomic E-state index is -0.678. The molecule has 0 bridgehead atoms. The third-order valence-electron chi connectivity index (χ3n) is 10.5. The molecule has 4 aliphatic carbocycles. The average molecular weight is 456 g/mol. The average Bonchev–Trinajstić information content (AvgIpc) is 3.36. The van der Waals surface area contributed by atoms with E-state index in [-0.39, 0.29) is 11.5 Å². The van der Waals surface area contributed by atoms with Gasteiger partial charge in [-0.25, -0.2) is 0 Å². The van der Waals surface area contributed by atoms with Crippen LogP contribution in [-0.4, -0.2) is 45.4 Å². The Labute approximate surface area is 198 Å². The van der Waals surface area contributed by atoms with Crippen molar-refractivity contribution in [2.45, 2.75) is 83.5 Å². The molecule has 5 rings (SSSR count). The summed E-state index contributed by atoms with van der Waals surface area (Å²) in [4.78, 5) is 0. The van der Waals surface area contributed by atoms with Crippen molar-refractivity contribution in [3.63, 3.8) is 0 Å². The van der Waals surface area contributed by atoms with Crippen molar-refractivity contribution in [1.82, 2.24) is 9.78 Å². The van der Waals surface area contributed by atoms with E-state index in [1.165, 1.54) is 25.7 Å². The van der Waals surface area contributed by atoms with Crippen LogP contribution in [0.5, 0.6) is 0 Å². The summed E-state index contributed by atoms with van der Waals surface area (Å²) in [5.74, 6) is 3.79. The lowest BCUT2D eigenvalue weighted by molar-refractivity contribution is -0.161. The van der Waals surface area contributed by atoms with Gasteiger partial charge in [0.05, 0.1) is 30.1 Å². The summed E-state index contributed by atoms with van der Waals surface area (Å²) >= 11 is 0. The van der Waals surface area contributed by atoms with E-state index in [1.807, 2.05) is 10.9 Å². The van der Waals surface area contributed by atoms with Gasteiger partial charge in [0.15, 0.2) is 0 Å². The predicted octanol–water partition coefficient (Wildman–Crippen LogP) is 4.01. The monoisotopic (exact) mass is 455 g/mol. The van der Waals surface area contributed by atoms with E-state index >= 15 is 0 Å². The molecular weight excluding hydrogens is 414 g/mol. The zero-order valence-electron chi connectivity index (χ0n) is 20.5. The zero-order chi connectivity index (χ0) is 23.4. The normalized spacial score (nSPS) is 45.5. The first kappa shape index (κ1) is 23.3. The molecule has 33 heavy (non-hydrogen) atoms. The summed E-state index contributed by atoms with van der Waals surface area (Å²) in [5.41, 5.74) is 0.113. The van der Waals surface area contributed by atoms with Crippen molar-refractivity contribution >= 4 is 0 Å². The van der Waals surface area contributed by atoms with Crippen molar-refractivity contribution in [1.29, 1.82) is 5.26 Å². The van der Waals surface area contributed by atoms with E-state index in [0.29, 0.717) is 53.6 Å². The van der Waals surface area contributed by atoms with Crippen molar-refractivity contribution in [3.05, 3.63) is 18.0 Å². The lowest BCUT2D eigenvalue weighted by atomic mass is 9.47. The molecule has 0 aromatic carbocycles. The highest BCUT2D eigenvalue weighted by molar-refractivity contribution is 5.21. The summed E-state index contributed by atoms with van der Waals surface area (Å²) in [6.07, 6.45) is 11.7. The number of methoxy groups -OCH3 is 1. The van der Waals surface area contributed by atoms with Crippen LogP contribution in [0, 0.1) is 58.2 Å². The maximum atomic E-state index is 11.6. The molecule has 0 amide bonds. The van der Waals surface area contributed by atoms with Gasteiger partial charge in [-0.15, -0.1) is 0 Å². The SMILES string of the molecule is COC[C@@]1(O)CC[C@H]2[C@H](CC[C@@H]3[C@@H]2[C@H](O)C[C@]2(C)[C@@H]([C@@H](C)Cn4cc(C#N)cn4)CC[C@@H]32)C1. The number of aliphatic hydroxyl groups excluding tert-OH is 1. The molecule has 182 valence electrons. The molecule has 4 fully saturated rings. The van der Waals surface area contributed by atoms with Crippen LogP contribution < -0.4 is 0 Å². The number of hydrogen-bond acceptors (Lipinski definition) is 5. The summed E-state index contributed by atoms with van der Waals surface area (Å²) in [6, 6.07) is 2.18. The first-order valence-electron chi connectivity index (χ1n) is 13.1. The third kappa shape index (κ3) is 3.94. The number of nitriles is 1. The van der Waals surface area contributed by atoms with Gasteiger partial charge in [0, 0.05) is 19.9 Å². The molecule has 10 atom stereocenters. The fourth-order valence-corrected chi connectivity index (χ4v) is 9.36. The van der Waals surface area contributed by atoms with Crippen molar-refractivity contribution in [2.24, 2.45) is 46.8 Å². The second kappa shape index (κ2) is 8.66. The molecule has 0 aliphatic heterocycles. The number of fused-ring (bicyclic) bond motifs is 5. The van der Waals surface area contributed by atoms with Crippen LogP contribution in [0.25, 0.3) is 0 Å². The molecule has 0 unspecified atom stereocenters. The number of rotatable bonds is 5. The van der Waals surface area contributed by atoms with Crippen LogP contribution >= 0.6 is 0 Å². The number of ether oxygens (including phenoxy) is 1. The largest absolute Gasteiger partial charge is 0.393 e. The maximum Gasteiger partial charge on any atom is 0.102 e. The Morgan fingerprint density at radius 2 is 2.06 bits per heavy atom. The van der Waals surface area contributed by atoms with E-state index in [0.717, 1.165) is 32.2 Å². The molecule has 6 nitrogen and oxygen atoms in total. The first-order chi connectivity index (χ1) is 15.8. The Balaban J connectivity index is 1.31. The molecule has 1 aromatic rings. The Kier molecular flexibility index (Phi) is 6.12. The minimum absolute atomic E-state index is 0.170. The summed E-state index contributed by atoms with van der Waals surface area (Å²) in [7, 11) is 1.68. The number of aliphatic hydroxyl groups is 2. The molecule has 1 aromatic heterocycles. The molecule has 2 N–H and O–H groups in total. The number of nitrogens with zero attached hydrogens (tertiary/aromatic N) is 3. The van der Waals surface area contributed by atoms with Gasteiger partial charge in [-0.1, -0.05) is 13.8 Å². The second-order valence-corrected chi connectivity index (χ2v) is 12.3. The van der Waals surface area contributed by atoms with Gasteiger partial charge < -0.3 is 14.9 Å². The highest BCUT2D eigenvalue weighted by Gasteiger charge is 2.61. The predicted molar refractivity (Wildman–Crippen MR) is 125 cm³/mol. The fraction of sp³-hybridized carbons (Fsp3) is 0.852. The quantitative estimate of drug-likeness (QED) is 0.700. The van der Waals surface area contributed by atoms with E-state index in [2.05, 4.69) is 25.0 Å². The van der Waals surface area contributed by atoms with Gasteiger partial charge in [0.25, 0.3) is 0 Å². The third-order valence-corrected chi connectivity index (χ3v) is 10.5. The van der Waals surface area contributed by atoms with Gasteiger partial charge in [-0.3, -0.25) is 4.68 Å². The minimum Gasteiger partial charge on any atom is -0.393 e.